The number of alkyl halides is 2. The van der Waals surface area contributed by atoms with Crippen molar-refractivity contribution < 1.29 is 0 Å². The van der Waals surface area contributed by atoms with Crippen LogP contribution in [0.5, 0.6) is 0 Å². The van der Waals surface area contributed by atoms with Gasteiger partial charge in [-0.25, -0.2) is 0 Å². The van der Waals surface area contributed by atoms with Crippen LogP contribution in [0.15, 0.2) is 12.7 Å². The predicted octanol–water partition coefficient (Wildman–Crippen LogP) is 1.21. The molecule has 0 rings (SSSR count). The number of halogens is 2. The lowest BCUT2D eigenvalue weighted by Gasteiger charge is -1.65. The molecule has 0 radical (unpaired) electrons. The van der Waals surface area contributed by atoms with Crippen LogP contribution in [0.25, 0.3) is 0 Å². The molecule has 0 spiro atoms. The minimum Gasteiger partial charge on any atom is -0.127 e. The fourth-order valence-electron chi connectivity index (χ4n) is 0. The van der Waals surface area contributed by atoms with Gasteiger partial charge in [0.15, 0.2) is 0 Å². The number of rotatable bonds is 2. The van der Waals surface area contributed by atoms with E-state index in [0.717, 1.165) is 12.3 Å². The van der Waals surface area contributed by atoms with Gasteiger partial charge in [-0.2, -0.15) is 0 Å². The Morgan fingerprint density at radius 2 is 1.50 bits per heavy atom. The molecule has 0 aliphatic carbocycles. The first-order valence-electron chi connectivity index (χ1n) is 2.56. The molecule has 0 fully saturated rings. The van der Waals surface area contributed by atoms with Crippen molar-refractivity contribution >= 4 is 69.3 Å². The van der Waals surface area contributed by atoms with Gasteiger partial charge in [0.05, 0.1) is 0 Å². The lowest BCUT2D eigenvalue weighted by molar-refractivity contribution is 1.10. The van der Waals surface area contributed by atoms with Gasteiger partial charge >= 0.3 is 46.1 Å². The summed E-state index contributed by atoms with van der Waals surface area (Å²) in [5.74, 6) is 1.35. The monoisotopic (exact) mass is 206 g/mol. The normalized spacial score (nSPS) is 5.50. The van der Waals surface area contributed by atoms with Crippen molar-refractivity contribution in [3.8, 4) is 0 Å². The molecule has 10 heavy (non-hydrogen) atoms. The molecule has 0 heterocycles. The molecule has 0 saturated heterocycles. The zero-order valence-electron chi connectivity index (χ0n) is 5.16. The minimum atomic E-state index is 0. The maximum Gasteiger partial charge on any atom is 0.316 e. The Balaban J connectivity index is -0.0000000300. The molecule has 0 aromatic heterocycles. The van der Waals surface area contributed by atoms with E-state index in [-0.39, 0.29) is 46.1 Å². The van der Waals surface area contributed by atoms with E-state index in [4.69, 9.17) is 23.2 Å². The smallest absolute Gasteiger partial charge is 0.127 e. The third-order valence-electron chi connectivity index (χ3n) is 0.298. The van der Waals surface area contributed by atoms with Crippen LogP contribution in [0.2, 0.25) is 0 Å². The summed E-state index contributed by atoms with van der Waals surface area (Å²) < 4.78 is 0. The van der Waals surface area contributed by atoms with Gasteiger partial charge in [-0.15, -0.1) is 29.8 Å². The van der Waals surface area contributed by atoms with Crippen LogP contribution >= 0.6 is 23.2 Å². The number of allylic oxidation sites excluding steroid dienone is 1. The molecule has 0 N–H and O–H groups in total. The summed E-state index contributed by atoms with van der Waals surface area (Å²) >= 11 is 10.3. The van der Waals surface area contributed by atoms with Crippen molar-refractivity contribution in [1.82, 2.24) is 0 Å². The third kappa shape index (κ3) is 52.0. The second-order valence-electron chi connectivity index (χ2n) is 1.13. The average Bonchev–Trinajstić information content (AvgIpc) is 1.88. The summed E-state index contributed by atoms with van der Waals surface area (Å²) in [6, 6.07) is 0. The molecule has 0 aliphatic rings. The molecule has 0 aliphatic heterocycles. The van der Waals surface area contributed by atoms with E-state index in [1.165, 1.54) is 0 Å². The fraction of sp³-hybridized carbons (Fsp3) is 0.667. The highest BCUT2D eigenvalue weighted by molar-refractivity contribution is 6.18. The molecular formula is C6H16Cl2Mg2. The zero-order chi connectivity index (χ0) is 6.83. The highest BCUT2D eigenvalue weighted by Gasteiger charge is 1.59. The van der Waals surface area contributed by atoms with E-state index in [0.29, 0.717) is 5.88 Å². The quantitative estimate of drug-likeness (QED) is 0.363. The van der Waals surface area contributed by atoms with Crippen molar-refractivity contribution in [1.29, 1.82) is 0 Å². The third-order valence-corrected chi connectivity index (χ3v) is 0.894. The predicted molar refractivity (Wildman–Crippen MR) is 59.0 cm³/mol. The fourth-order valence-corrected chi connectivity index (χ4v) is 0. The highest BCUT2D eigenvalue weighted by Crippen LogP contribution is 1.75. The van der Waals surface area contributed by atoms with Crippen molar-refractivity contribution in [2.45, 2.75) is 13.3 Å². The van der Waals surface area contributed by atoms with Crippen molar-refractivity contribution in [3.05, 3.63) is 12.7 Å². The molecule has 0 bridgehead atoms. The van der Waals surface area contributed by atoms with Crippen molar-refractivity contribution in [2.24, 2.45) is 0 Å². The standard InChI is InChI=1S/C3H7Cl.C3H5Cl.2Mg.4H/c2*1-2-3-4;;;;;;/h2-3H2,1H3;2H,1,3H2;;;;;;. The van der Waals surface area contributed by atoms with Crippen LogP contribution in [0.1, 0.15) is 13.3 Å². The van der Waals surface area contributed by atoms with Gasteiger partial charge in [-0.3, -0.25) is 0 Å². The molecule has 4 heteroatoms. The van der Waals surface area contributed by atoms with E-state index in [9.17, 15) is 0 Å². The van der Waals surface area contributed by atoms with Gasteiger partial charge < -0.3 is 0 Å². The summed E-state index contributed by atoms with van der Waals surface area (Å²) in [6.45, 7) is 5.40. The highest BCUT2D eigenvalue weighted by atomic mass is 35.5. The lowest BCUT2D eigenvalue weighted by Crippen LogP contribution is -1.55. The Bertz CT molecular complexity index is 40.7. The average molecular weight is 208 g/mol. The Hall–Kier alpha value is 1.85. The summed E-state index contributed by atoms with van der Waals surface area (Å²) in [7, 11) is 0. The molecular weight excluding hydrogens is 192 g/mol. The molecule has 0 saturated carbocycles. The molecule has 0 atom stereocenters. The van der Waals surface area contributed by atoms with E-state index < -0.39 is 0 Å². The van der Waals surface area contributed by atoms with Crippen LogP contribution in [-0.4, -0.2) is 57.9 Å². The topological polar surface area (TPSA) is 0 Å². The van der Waals surface area contributed by atoms with Gasteiger partial charge in [0.1, 0.15) is 0 Å². The van der Waals surface area contributed by atoms with E-state index in [1.807, 2.05) is 6.92 Å². The molecule has 0 unspecified atom stereocenters. The zero-order valence-corrected chi connectivity index (χ0v) is 6.67. The van der Waals surface area contributed by atoms with Crippen LogP contribution in [0.4, 0.5) is 0 Å². The molecule has 58 valence electrons. The van der Waals surface area contributed by atoms with Gasteiger partial charge in [-0.1, -0.05) is 13.0 Å². The van der Waals surface area contributed by atoms with Gasteiger partial charge in [0.2, 0.25) is 0 Å². The summed E-state index contributed by atoms with van der Waals surface area (Å²) in [6.07, 6.45) is 2.73. The molecule has 0 nitrogen and oxygen atoms in total. The Morgan fingerprint density at radius 3 is 1.50 bits per heavy atom. The lowest BCUT2D eigenvalue weighted by atomic mass is 10.6. The number of hydrogen-bond acceptors (Lipinski definition) is 0. The second-order valence-corrected chi connectivity index (χ2v) is 1.82. The molecule has 0 aromatic rings. The Labute approximate surface area is 106 Å². The largest absolute Gasteiger partial charge is 0.316 e. The van der Waals surface area contributed by atoms with Gasteiger partial charge in [0, 0.05) is 11.8 Å². The maximum atomic E-state index is 5.19. The van der Waals surface area contributed by atoms with Gasteiger partial charge in [-0.05, 0) is 6.42 Å². The van der Waals surface area contributed by atoms with Crippen molar-refractivity contribution in [2.75, 3.05) is 11.8 Å². The first-order valence-corrected chi connectivity index (χ1v) is 3.63. The molecule has 0 aromatic carbocycles. The Kier molecular flexibility index (Phi) is 69.6. The molecule has 0 amide bonds. The SMILES string of the molecule is C=CCCl.CCCCl.[MgH2].[MgH2]. The van der Waals surface area contributed by atoms with E-state index in [2.05, 4.69) is 6.58 Å². The van der Waals surface area contributed by atoms with E-state index >= 15 is 0 Å². The van der Waals surface area contributed by atoms with Crippen LogP contribution in [0, 0.1) is 0 Å². The summed E-state index contributed by atoms with van der Waals surface area (Å²) in [5, 5.41) is 0. The van der Waals surface area contributed by atoms with Crippen LogP contribution in [0.3, 0.4) is 0 Å². The van der Waals surface area contributed by atoms with E-state index in [1.54, 1.807) is 6.08 Å². The summed E-state index contributed by atoms with van der Waals surface area (Å²) in [4.78, 5) is 0. The summed E-state index contributed by atoms with van der Waals surface area (Å²) in [5.41, 5.74) is 0. The Morgan fingerprint density at radius 1 is 1.30 bits per heavy atom. The first kappa shape index (κ1) is 22.6. The first-order chi connectivity index (χ1) is 3.83. The van der Waals surface area contributed by atoms with Crippen LogP contribution in [-0.2, 0) is 0 Å². The number of hydrogen-bond donors (Lipinski definition) is 0. The second kappa shape index (κ2) is 30.8. The minimum absolute atomic E-state index is 0. The van der Waals surface area contributed by atoms with Crippen LogP contribution < -0.4 is 0 Å². The maximum absolute atomic E-state index is 5.19. The van der Waals surface area contributed by atoms with Crippen molar-refractivity contribution in [3.63, 3.8) is 0 Å². The van der Waals surface area contributed by atoms with Gasteiger partial charge in [0.25, 0.3) is 0 Å².